The molecule has 7 heteroatoms. The average Bonchev–Trinajstić information content (AvgIpc) is 2.72. The van der Waals surface area contributed by atoms with Gasteiger partial charge in [-0.1, -0.05) is 17.7 Å². The summed E-state index contributed by atoms with van der Waals surface area (Å²) in [5.41, 5.74) is 1.01. The van der Waals surface area contributed by atoms with E-state index in [0.29, 0.717) is 51.7 Å². The van der Waals surface area contributed by atoms with E-state index in [2.05, 4.69) is 0 Å². The summed E-state index contributed by atoms with van der Waals surface area (Å²) >= 11 is 0. The van der Waals surface area contributed by atoms with Crippen molar-refractivity contribution in [1.82, 2.24) is 9.80 Å². The number of carbonyl (C=O) groups excluding carboxylic acids is 2. The highest BCUT2D eigenvalue weighted by atomic mass is 19.1. The Hall–Kier alpha value is -2.96. The quantitative estimate of drug-likeness (QED) is 0.696. The van der Waals surface area contributed by atoms with Gasteiger partial charge < -0.3 is 14.5 Å². The van der Waals surface area contributed by atoms with Gasteiger partial charge in [0.15, 0.2) is 0 Å². The lowest BCUT2D eigenvalue weighted by atomic mass is 10.1. The Balaban J connectivity index is 1.41. The van der Waals surface area contributed by atoms with Crippen molar-refractivity contribution in [3.63, 3.8) is 0 Å². The molecule has 5 nitrogen and oxygen atoms in total. The minimum atomic E-state index is -0.873. The zero-order valence-electron chi connectivity index (χ0n) is 16.4. The zero-order chi connectivity index (χ0) is 20.8. The second-order valence-corrected chi connectivity index (χ2v) is 7.06. The largest absolute Gasteiger partial charge is 0.494 e. The maximum Gasteiger partial charge on any atom is 0.256 e. The van der Waals surface area contributed by atoms with Gasteiger partial charge in [-0.25, -0.2) is 8.78 Å². The molecule has 29 heavy (non-hydrogen) atoms. The van der Waals surface area contributed by atoms with Crippen LogP contribution in [-0.4, -0.2) is 54.4 Å². The lowest BCUT2D eigenvalue weighted by molar-refractivity contribution is -0.132. The van der Waals surface area contributed by atoms with E-state index in [0.717, 1.165) is 23.4 Å². The van der Waals surface area contributed by atoms with Crippen molar-refractivity contribution in [3.8, 4) is 5.75 Å². The van der Waals surface area contributed by atoms with Gasteiger partial charge >= 0.3 is 0 Å². The van der Waals surface area contributed by atoms with Crippen LogP contribution in [0, 0.1) is 18.6 Å². The summed E-state index contributed by atoms with van der Waals surface area (Å²) < 4.78 is 32.5. The number of carbonyl (C=O) groups is 2. The third-order valence-electron chi connectivity index (χ3n) is 4.91. The fourth-order valence-corrected chi connectivity index (χ4v) is 3.20. The molecule has 2 aromatic rings. The summed E-state index contributed by atoms with van der Waals surface area (Å²) in [4.78, 5) is 28.0. The number of nitrogens with zero attached hydrogens (tertiary/aromatic N) is 2. The highest BCUT2D eigenvalue weighted by molar-refractivity contribution is 5.94. The van der Waals surface area contributed by atoms with E-state index < -0.39 is 17.5 Å². The Kier molecular flexibility index (Phi) is 6.80. The monoisotopic (exact) mass is 402 g/mol. The van der Waals surface area contributed by atoms with Gasteiger partial charge in [0.1, 0.15) is 17.4 Å². The lowest BCUT2D eigenvalue weighted by Crippen LogP contribution is -2.50. The molecule has 1 heterocycles. The molecule has 0 radical (unpaired) electrons. The third-order valence-corrected chi connectivity index (χ3v) is 4.91. The number of ether oxygens (including phenoxy) is 1. The molecule has 0 aromatic heterocycles. The van der Waals surface area contributed by atoms with E-state index in [-0.39, 0.29) is 11.5 Å². The molecular formula is C22H24F2N2O3. The highest BCUT2D eigenvalue weighted by Gasteiger charge is 2.26. The summed E-state index contributed by atoms with van der Waals surface area (Å²) in [6.45, 7) is 3.89. The van der Waals surface area contributed by atoms with Gasteiger partial charge in [0, 0.05) is 38.7 Å². The second kappa shape index (κ2) is 9.49. The van der Waals surface area contributed by atoms with Gasteiger partial charge in [-0.15, -0.1) is 0 Å². The SMILES string of the molecule is Cc1ccc(OCCCC(=O)N2CCN(C(=O)c3ccc(F)cc3F)CC2)cc1. The molecule has 1 saturated heterocycles. The molecule has 154 valence electrons. The predicted octanol–water partition coefficient (Wildman–Crippen LogP) is 3.42. The summed E-state index contributed by atoms with van der Waals surface area (Å²) in [5.74, 6) is -1.29. The normalized spacial score (nSPS) is 14.0. The van der Waals surface area contributed by atoms with E-state index in [1.54, 1.807) is 4.90 Å². The maximum absolute atomic E-state index is 13.8. The molecule has 1 fully saturated rings. The predicted molar refractivity (Wildman–Crippen MR) is 105 cm³/mol. The first-order valence-corrected chi connectivity index (χ1v) is 9.65. The molecule has 0 saturated carbocycles. The molecular weight excluding hydrogens is 378 g/mol. The highest BCUT2D eigenvalue weighted by Crippen LogP contribution is 2.15. The standard InChI is InChI=1S/C22H24F2N2O3/c1-16-4-7-18(8-5-16)29-14-2-3-21(27)25-10-12-26(13-11-25)22(28)19-9-6-17(23)15-20(19)24/h4-9,15H,2-3,10-14H2,1H3. The van der Waals surface area contributed by atoms with Crippen LogP contribution in [0.4, 0.5) is 8.78 Å². The Bertz CT molecular complexity index is 863. The van der Waals surface area contributed by atoms with Crippen LogP contribution in [-0.2, 0) is 4.79 Å². The van der Waals surface area contributed by atoms with Crippen molar-refractivity contribution in [2.75, 3.05) is 32.8 Å². The molecule has 1 aliphatic heterocycles. The van der Waals surface area contributed by atoms with E-state index in [9.17, 15) is 18.4 Å². The summed E-state index contributed by atoms with van der Waals surface area (Å²) in [7, 11) is 0. The van der Waals surface area contributed by atoms with Crippen LogP contribution in [0.5, 0.6) is 5.75 Å². The minimum Gasteiger partial charge on any atom is -0.494 e. The first-order valence-electron chi connectivity index (χ1n) is 9.65. The number of aryl methyl sites for hydroxylation is 1. The Morgan fingerprint density at radius 2 is 1.62 bits per heavy atom. The van der Waals surface area contributed by atoms with Crippen molar-refractivity contribution in [2.45, 2.75) is 19.8 Å². The van der Waals surface area contributed by atoms with Crippen LogP contribution >= 0.6 is 0 Å². The van der Waals surface area contributed by atoms with Crippen molar-refractivity contribution in [2.24, 2.45) is 0 Å². The molecule has 2 amide bonds. The van der Waals surface area contributed by atoms with Crippen LogP contribution in [0.25, 0.3) is 0 Å². The van der Waals surface area contributed by atoms with Gasteiger partial charge in [-0.05, 0) is 37.6 Å². The number of amides is 2. The minimum absolute atomic E-state index is 0.0116. The van der Waals surface area contributed by atoms with Gasteiger partial charge in [-0.2, -0.15) is 0 Å². The fourth-order valence-electron chi connectivity index (χ4n) is 3.20. The molecule has 1 aliphatic rings. The second-order valence-electron chi connectivity index (χ2n) is 7.06. The first-order chi connectivity index (χ1) is 13.9. The number of rotatable bonds is 6. The van der Waals surface area contributed by atoms with Crippen molar-refractivity contribution in [1.29, 1.82) is 0 Å². The van der Waals surface area contributed by atoms with Crippen LogP contribution in [0.2, 0.25) is 0 Å². The van der Waals surface area contributed by atoms with E-state index >= 15 is 0 Å². The van der Waals surface area contributed by atoms with E-state index in [1.807, 2.05) is 31.2 Å². The molecule has 0 unspecified atom stereocenters. The van der Waals surface area contributed by atoms with Gasteiger partial charge in [-0.3, -0.25) is 9.59 Å². The average molecular weight is 402 g/mol. The maximum atomic E-state index is 13.8. The van der Waals surface area contributed by atoms with Crippen LogP contribution in [0.3, 0.4) is 0 Å². The third kappa shape index (κ3) is 5.53. The molecule has 0 spiro atoms. The van der Waals surface area contributed by atoms with Gasteiger partial charge in [0.25, 0.3) is 5.91 Å². The number of piperazine rings is 1. The molecule has 0 N–H and O–H groups in total. The topological polar surface area (TPSA) is 49.9 Å². The number of hydrogen-bond acceptors (Lipinski definition) is 3. The summed E-state index contributed by atoms with van der Waals surface area (Å²) in [5, 5.41) is 0. The summed E-state index contributed by atoms with van der Waals surface area (Å²) in [6, 6.07) is 10.7. The number of halogens is 2. The Morgan fingerprint density at radius 1 is 0.966 bits per heavy atom. The van der Waals surface area contributed by atoms with Crippen molar-refractivity contribution >= 4 is 11.8 Å². The van der Waals surface area contributed by atoms with Crippen LogP contribution in [0.15, 0.2) is 42.5 Å². The van der Waals surface area contributed by atoms with Gasteiger partial charge in [0.2, 0.25) is 5.91 Å². The van der Waals surface area contributed by atoms with E-state index in [1.165, 1.54) is 4.90 Å². The molecule has 0 aliphatic carbocycles. The first kappa shape index (κ1) is 20.8. The number of hydrogen-bond donors (Lipinski definition) is 0. The molecule has 0 atom stereocenters. The van der Waals surface area contributed by atoms with Gasteiger partial charge in [0.05, 0.1) is 12.2 Å². The molecule has 2 aromatic carbocycles. The van der Waals surface area contributed by atoms with Crippen LogP contribution in [0.1, 0.15) is 28.8 Å². The Morgan fingerprint density at radius 3 is 2.28 bits per heavy atom. The van der Waals surface area contributed by atoms with Crippen molar-refractivity contribution < 1.29 is 23.1 Å². The van der Waals surface area contributed by atoms with Crippen molar-refractivity contribution in [3.05, 3.63) is 65.2 Å². The van der Waals surface area contributed by atoms with E-state index in [4.69, 9.17) is 4.74 Å². The lowest BCUT2D eigenvalue weighted by Gasteiger charge is -2.35. The smallest absolute Gasteiger partial charge is 0.256 e. The van der Waals surface area contributed by atoms with Crippen LogP contribution < -0.4 is 4.74 Å². The number of benzene rings is 2. The zero-order valence-corrected chi connectivity index (χ0v) is 16.4. The summed E-state index contributed by atoms with van der Waals surface area (Å²) in [6.07, 6.45) is 0.971. The Labute approximate surface area is 168 Å². The fraction of sp³-hybridized carbons (Fsp3) is 0.364. The molecule has 0 bridgehead atoms. The molecule has 3 rings (SSSR count).